The number of guanidine groups is 1. The molecule has 0 amide bonds. The van der Waals surface area contributed by atoms with E-state index in [1.165, 1.54) is 32.1 Å². The minimum Gasteiger partial charge on any atom is -0.388 e. The van der Waals surface area contributed by atoms with E-state index in [9.17, 15) is 5.11 Å². The van der Waals surface area contributed by atoms with Crippen molar-refractivity contribution in [3.8, 4) is 0 Å². The molecule has 0 aromatic rings. The van der Waals surface area contributed by atoms with Gasteiger partial charge in [-0.2, -0.15) is 0 Å². The standard InChI is InChI=1S/C15H29N3O/c1-2-16-14(18-13-8-4-5-9-13)17-12-15(19)10-6-3-7-11-15/h13,19H,2-12H2,1H3,(H2,16,17,18). The van der Waals surface area contributed by atoms with E-state index in [-0.39, 0.29) is 0 Å². The molecule has 3 N–H and O–H groups in total. The van der Waals surface area contributed by atoms with Crippen LogP contribution in [0.15, 0.2) is 4.99 Å². The van der Waals surface area contributed by atoms with Crippen LogP contribution in [-0.2, 0) is 0 Å². The number of aliphatic imine (C=N–C) groups is 1. The molecule has 0 heterocycles. The Morgan fingerprint density at radius 2 is 1.84 bits per heavy atom. The minimum absolute atomic E-state index is 0.537. The van der Waals surface area contributed by atoms with Crippen LogP contribution in [0.5, 0.6) is 0 Å². The fourth-order valence-electron chi connectivity index (χ4n) is 3.18. The molecular weight excluding hydrogens is 238 g/mol. The van der Waals surface area contributed by atoms with E-state index in [4.69, 9.17) is 0 Å². The molecule has 2 fully saturated rings. The SMILES string of the molecule is CCNC(=NCC1(O)CCCCC1)NC1CCCC1. The molecule has 2 saturated carbocycles. The minimum atomic E-state index is -0.559. The summed E-state index contributed by atoms with van der Waals surface area (Å²) in [7, 11) is 0. The highest BCUT2D eigenvalue weighted by Crippen LogP contribution is 2.28. The lowest BCUT2D eigenvalue weighted by molar-refractivity contribution is 0.0131. The fraction of sp³-hybridized carbons (Fsp3) is 0.933. The van der Waals surface area contributed by atoms with Crippen LogP contribution >= 0.6 is 0 Å². The summed E-state index contributed by atoms with van der Waals surface area (Å²) in [5.74, 6) is 0.883. The molecule has 0 atom stereocenters. The molecule has 0 unspecified atom stereocenters. The summed E-state index contributed by atoms with van der Waals surface area (Å²) in [6.07, 6.45) is 10.5. The van der Waals surface area contributed by atoms with Crippen molar-refractivity contribution < 1.29 is 5.11 Å². The Morgan fingerprint density at radius 3 is 2.47 bits per heavy atom. The normalized spacial score (nSPS) is 24.4. The van der Waals surface area contributed by atoms with Crippen molar-refractivity contribution in [2.75, 3.05) is 13.1 Å². The predicted octanol–water partition coefficient (Wildman–Crippen LogP) is 2.18. The lowest BCUT2D eigenvalue weighted by Gasteiger charge is -2.30. The Bertz CT molecular complexity index is 292. The summed E-state index contributed by atoms with van der Waals surface area (Å²) in [5, 5.41) is 17.3. The van der Waals surface area contributed by atoms with Crippen LogP contribution in [0.25, 0.3) is 0 Å². The van der Waals surface area contributed by atoms with Crippen molar-refractivity contribution in [2.24, 2.45) is 4.99 Å². The van der Waals surface area contributed by atoms with E-state index in [0.29, 0.717) is 12.6 Å². The van der Waals surface area contributed by atoms with Crippen molar-refractivity contribution in [3.63, 3.8) is 0 Å². The highest BCUT2D eigenvalue weighted by Gasteiger charge is 2.29. The Labute approximate surface area is 117 Å². The average Bonchev–Trinajstić information content (AvgIpc) is 2.90. The highest BCUT2D eigenvalue weighted by atomic mass is 16.3. The van der Waals surface area contributed by atoms with E-state index in [1.807, 2.05) is 0 Å². The molecule has 0 aliphatic heterocycles. The number of aliphatic hydroxyl groups is 1. The topological polar surface area (TPSA) is 56.7 Å². The van der Waals surface area contributed by atoms with Gasteiger partial charge in [0.25, 0.3) is 0 Å². The van der Waals surface area contributed by atoms with E-state index < -0.39 is 5.60 Å². The summed E-state index contributed by atoms with van der Waals surface area (Å²) in [4.78, 5) is 4.62. The van der Waals surface area contributed by atoms with Crippen molar-refractivity contribution in [1.82, 2.24) is 10.6 Å². The Kier molecular flexibility index (Phi) is 5.49. The second-order valence-electron chi connectivity index (χ2n) is 6.11. The van der Waals surface area contributed by atoms with Crippen LogP contribution in [0.1, 0.15) is 64.7 Å². The molecular formula is C15H29N3O. The molecule has 2 rings (SSSR count). The maximum atomic E-state index is 10.5. The van der Waals surface area contributed by atoms with E-state index in [1.54, 1.807) is 0 Å². The zero-order valence-electron chi connectivity index (χ0n) is 12.2. The zero-order valence-corrected chi connectivity index (χ0v) is 12.2. The van der Waals surface area contributed by atoms with E-state index in [0.717, 1.165) is 38.2 Å². The lowest BCUT2D eigenvalue weighted by Crippen LogP contribution is -2.44. The summed E-state index contributed by atoms with van der Waals surface area (Å²) in [6, 6.07) is 0.568. The van der Waals surface area contributed by atoms with Crippen LogP contribution in [0.2, 0.25) is 0 Å². The van der Waals surface area contributed by atoms with Gasteiger partial charge in [0, 0.05) is 12.6 Å². The zero-order chi connectivity index (χ0) is 13.6. The first-order chi connectivity index (χ1) is 9.22. The van der Waals surface area contributed by atoms with Crippen molar-refractivity contribution in [3.05, 3.63) is 0 Å². The Balaban J connectivity index is 1.87. The monoisotopic (exact) mass is 267 g/mol. The van der Waals surface area contributed by atoms with Crippen LogP contribution in [0.4, 0.5) is 0 Å². The van der Waals surface area contributed by atoms with Crippen molar-refractivity contribution in [2.45, 2.75) is 76.4 Å². The number of rotatable bonds is 4. The quantitative estimate of drug-likeness (QED) is 0.540. The molecule has 0 aromatic heterocycles. The lowest BCUT2D eigenvalue weighted by atomic mass is 9.85. The third-order valence-corrected chi connectivity index (χ3v) is 4.36. The first kappa shape index (κ1) is 14.6. The van der Waals surface area contributed by atoms with Crippen LogP contribution < -0.4 is 10.6 Å². The van der Waals surface area contributed by atoms with Crippen molar-refractivity contribution in [1.29, 1.82) is 0 Å². The summed E-state index contributed by atoms with van der Waals surface area (Å²) >= 11 is 0. The highest BCUT2D eigenvalue weighted by molar-refractivity contribution is 5.80. The summed E-state index contributed by atoms with van der Waals surface area (Å²) in [6.45, 7) is 3.49. The van der Waals surface area contributed by atoms with Gasteiger partial charge in [-0.05, 0) is 32.6 Å². The van der Waals surface area contributed by atoms with Gasteiger partial charge in [-0.25, -0.2) is 0 Å². The molecule has 110 valence electrons. The van der Waals surface area contributed by atoms with E-state index in [2.05, 4.69) is 22.5 Å². The Morgan fingerprint density at radius 1 is 1.16 bits per heavy atom. The molecule has 4 nitrogen and oxygen atoms in total. The van der Waals surface area contributed by atoms with Gasteiger partial charge in [-0.1, -0.05) is 32.1 Å². The predicted molar refractivity (Wildman–Crippen MR) is 79.4 cm³/mol. The molecule has 0 aromatic carbocycles. The first-order valence-electron chi connectivity index (χ1n) is 7.99. The molecule has 4 heteroatoms. The van der Waals surface area contributed by atoms with Gasteiger partial charge in [-0.15, -0.1) is 0 Å². The molecule has 0 radical (unpaired) electrons. The van der Waals surface area contributed by atoms with Gasteiger partial charge in [0.1, 0.15) is 0 Å². The summed E-state index contributed by atoms with van der Waals surface area (Å²) in [5.41, 5.74) is -0.559. The molecule has 19 heavy (non-hydrogen) atoms. The van der Waals surface area contributed by atoms with Gasteiger partial charge in [0.05, 0.1) is 12.1 Å². The van der Waals surface area contributed by atoms with Gasteiger partial charge >= 0.3 is 0 Å². The van der Waals surface area contributed by atoms with Gasteiger partial charge in [-0.3, -0.25) is 4.99 Å². The van der Waals surface area contributed by atoms with Gasteiger partial charge in [0.15, 0.2) is 5.96 Å². The number of hydrogen-bond acceptors (Lipinski definition) is 2. The third kappa shape index (κ3) is 4.68. The molecule has 0 spiro atoms. The molecule has 2 aliphatic carbocycles. The second-order valence-corrected chi connectivity index (χ2v) is 6.11. The maximum absolute atomic E-state index is 10.5. The smallest absolute Gasteiger partial charge is 0.191 e. The molecule has 0 saturated heterocycles. The number of nitrogens with zero attached hydrogens (tertiary/aromatic N) is 1. The maximum Gasteiger partial charge on any atom is 0.191 e. The number of hydrogen-bond donors (Lipinski definition) is 3. The average molecular weight is 267 g/mol. The van der Waals surface area contributed by atoms with Crippen LogP contribution in [0, 0.1) is 0 Å². The Hall–Kier alpha value is -0.770. The second kappa shape index (κ2) is 7.13. The number of nitrogens with one attached hydrogen (secondary N) is 2. The van der Waals surface area contributed by atoms with Gasteiger partial charge in [0.2, 0.25) is 0 Å². The van der Waals surface area contributed by atoms with Crippen LogP contribution in [-0.4, -0.2) is 35.8 Å². The van der Waals surface area contributed by atoms with Crippen molar-refractivity contribution >= 4 is 5.96 Å². The fourth-order valence-corrected chi connectivity index (χ4v) is 3.18. The molecule has 0 bridgehead atoms. The first-order valence-corrected chi connectivity index (χ1v) is 7.99. The summed E-state index contributed by atoms with van der Waals surface area (Å²) < 4.78 is 0. The van der Waals surface area contributed by atoms with Gasteiger partial charge < -0.3 is 15.7 Å². The largest absolute Gasteiger partial charge is 0.388 e. The molecule has 2 aliphatic rings. The third-order valence-electron chi connectivity index (χ3n) is 4.36. The van der Waals surface area contributed by atoms with E-state index >= 15 is 0 Å². The van der Waals surface area contributed by atoms with Crippen LogP contribution in [0.3, 0.4) is 0 Å².